The molecular weight excluding hydrogens is 256 g/mol. The van der Waals surface area contributed by atoms with E-state index in [0.717, 1.165) is 0 Å². The third-order valence-electron chi connectivity index (χ3n) is 2.63. The number of hydrogen-bond acceptors (Lipinski definition) is 2. The van der Waals surface area contributed by atoms with Crippen molar-refractivity contribution >= 4 is 17.7 Å². The molecule has 0 fully saturated rings. The number of hydrogen-bond donors (Lipinski definition) is 2. The van der Waals surface area contributed by atoms with Crippen LogP contribution >= 0.6 is 0 Å². The maximum atomic E-state index is 12.2. The highest BCUT2D eigenvalue weighted by Gasteiger charge is 2.28. The first kappa shape index (κ1) is 15.6. The predicted octanol–water partition coefficient (Wildman–Crippen LogP) is 2.38. The summed E-state index contributed by atoms with van der Waals surface area (Å²) in [5.74, 6) is 1.41. The van der Waals surface area contributed by atoms with Crippen LogP contribution in [0.1, 0.15) is 26.3 Å². The second-order valence-corrected chi connectivity index (χ2v) is 5.31. The molecule has 0 aliphatic heterocycles. The normalized spacial score (nSPS) is 10.5. The second kappa shape index (κ2) is 6.11. The highest BCUT2D eigenvalue weighted by atomic mass is 16.4. The SMILES string of the molecule is C#Cc1cccc(NC(=O)N(CC(=O)O)C(C)(C)C)c1. The number of amides is 2. The molecule has 0 aliphatic rings. The molecule has 106 valence electrons. The highest BCUT2D eigenvalue weighted by Crippen LogP contribution is 2.16. The largest absolute Gasteiger partial charge is 0.480 e. The number of nitrogens with one attached hydrogen (secondary N) is 1. The first-order valence-corrected chi connectivity index (χ1v) is 6.11. The minimum absolute atomic E-state index is 0.371. The summed E-state index contributed by atoms with van der Waals surface area (Å²) in [7, 11) is 0. The summed E-state index contributed by atoms with van der Waals surface area (Å²) in [6.07, 6.45) is 5.29. The van der Waals surface area contributed by atoms with Crippen molar-refractivity contribution in [3.63, 3.8) is 0 Å². The van der Waals surface area contributed by atoms with Gasteiger partial charge in [0.05, 0.1) is 0 Å². The van der Waals surface area contributed by atoms with Crippen LogP contribution in [-0.4, -0.2) is 34.1 Å². The zero-order chi connectivity index (χ0) is 15.3. The lowest BCUT2D eigenvalue weighted by Gasteiger charge is -2.34. The average molecular weight is 274 g/mol. The molecule has 2 N–H and O–H groups in total. The van der Waals surface area contributed by atoms with Crippen molar-refractivity contribution in [2.75, 3.05) is 11.9 Å². The molecule has 1 aromatic carbocycles. The number of carbonyl (C=O) groups is 2. The van der Waals surface area contributed by atoms with E-state index in [0.29, 0.717) is 11.3 Å². The van der Waals surface area contributed by atoms with Crippen LogP contribution in [0.2, 0.25) is 0 Å². The summed E-state index contributed by atoms with van der Waals surface area (Å²) in [6, 6.07) is 6.34. The molecule has 0 spiro atoms. The number of anilines is 1. The minimum Gasteiger partial charge on any atom is -0.480 e. The lowest BCUT2D eigenvalue weighted by atomic mass is 10.1. The Hall–Kier alpha value is -2.48. The molecule has 0 unspecified atom stereocenters. The van der Waals surface area contributed by atoms with E-state index in [-0.39, 0.29) is 6.54 Å². The predicted molar refractivity (Wildman–Crippen MR) is 77.5 cm³/mol. The van der Waals surface area contributed by atoms with Crippen LogP contribution in [0.3, 0.4) is 0 Å². The van der Waals surface area contributed by atoms with Crippen molar-refractivity contribution in [3.8, 4) is 12.3 Å². The molecule has 0 radical (unpaired) electrons. The van der Waals surface area contributed by atoms with E-state index in [1.165, 1.54) is 4.90 Å². The lowest BCUT2D eigenvalue weighted by Crippen LogP contribution is -2.50. The van der Waals surface area contributed by atoms with Gasteiger partial charge in [-0.05, 0) is 39.0 Å². The van der Waals surface area contributed by atoms with Crippen LogP contribution in [0.25, 0.3) is 0 Å². The van der Waals surface area contributed by atoms with Crippen LogP contribution in [0.4, 0.5) is 10.5 Å². The Morgan fingerprint density at radius 1 is 1.40 bits per heavy atom. The number of carboxylic acids is 1. The van der Waals surface area contributed by atoms with Crippen molar-refractivity contribution in [3.05, 3.63) is 29.8 Å². The number of rotatable bonds is 3. The van der Waals surface area contributed by atoms with Gasteiger partial charge in [0.15, 0.2) is 0 Å². The van der Waals surface area contributed by atoms with Gasteiger partial charge < -0.3 is 15.3 Å². The fraction of sp³-hybridized carbons (Fsp3) is 0.333. The van der Waals surface area contributed by atoms with Gasteiger partial charge in [0.2, 0.25) is 0 Å². The van der Waals surface area contributed by atoms with Crippen molar-refractivity contribution in [1.82, 2.24) is 4.90 Å². The van der Waals surface area contributed by atoms with E-state index in [9.17, 15) is 9.59 Å². The number of urea groups is 1. The van der Waals surface area contributed by atoms with Gasteiger partial charge in [-0.2, -0.15) is 0 Å². The van der Waals surface area contributed by atoms with Gasteiger partial charge in [-0.25, -0.2) is 4.79 Å². The number of nitrogens with zero attached hydrogens (tertiary/aromatic N) is 1. The van der Waals surface area contributed by atoms with Gasteiger partial charge in [-0.3, -0.25) is 4.79 Å². The Balaban J connectivity index is 2.91. The molecule has 0 saturated carbocycles. The van der Waals surface area contributed by atoms with E-state index in [1.807, 2.05) is 0 Å². The molecule has 5 heteroatoms. The zero-order valence-corrected chi connectivity index (χ0v) is 11.8. The van der Waals surface area contributed by atoms with Crippen molar-refractivity contribution in [1.29, 1.82) is 0 Å². The summed E-state index contributed by atoms with van der Waals surface area (Å²) < 4.78 is 0. The standard InChI is InChI=1S/C15H18N2O3/c1-5-11-7-6-8-12(9-11)16-14(20)17(10-13(18)19)15(2,3)4/h1,6-9H,10H2,2-4H3,(H,16,20)(H,18,19). The molecule has 5 nitrogen and oxygen atoms in total. The summed E-state index contributed by atoms with van der Waals surface area (Å²) in [4.78, 5) is 24.3. The molecule has 0 heterocycles. The summed E-state index contributed by atoms with van der Waals surface area (Å²) in [6.45, 7) is 4.94. The zero-order valence-electron chi connectivity index (χ0n) is 11.8. The van der Waals surface area contributed by atoms with Crippen LogP contribution in [-0.2, 0) is 4.79 Å². The van der Waals surface area contributed by atoms with E-state index in [1.54, 1.807) is 45.0 Å². The van der Waals surface area contributed by atoms with Crippen LogP contribution in [0.5, 0.6) is 0 Å². The van der Waals surface area contributed by atoms with Gasteiger partial charge >= 0.3 is 12.0 Å². The number of carbonyl (C=O) groups excluding carboxylic acids is 1. The molecule has 0 saturated heterocycles. The van der Waals surface area contributed by atoms with Crippen LogP contribution in [0, 0.1) is 12.3 Å². The molecule has 0 bridgehead atoms. The highest BCUT2D eigenvalue weighted by molar-refractivity contribution is 5.92. The summed E-state index contributed by atoms with van der Waals surface area (Å²) in [5, 5.41) is 11.6. The topological polar surface area (TPSA) is 69.6 Å². The quantitative estimate of drug-likeness (QED) is 0.831. The second-order valence-electron chi connectivity index (χ2n) is 5.31. The maximum absolute atomic E-state index is 12.2. The molecule has 0 aromatic heterocycles. The van der Waals surface area contributed by atoms with Gasteiger partial charge in [0.1, 0.15) is 6.54 Å². The lowest BCUT2D eigenvalue weighted by molar-refractivity contribution is -0.138. The third kappa shape index (κ3) is 4.32. The van der Waals surface area contributed by atoms with E-state index in [2.05, 4.69) is 11.2 Å². The Kier molecular flexibility index (Phi) is 4.76. The Bertz CT molecular complexity index is 553. The monoisotopic (exact) mass is 274 g/mol. The Morgan fingerprint density at radius 3 is 2.55 bits per heavy atom. The van der Waals surface area contributed by atoms with Gasteiger partial charge in [0.25, 0.3) is 0 Å². The van der Waals surface area contributed by atoms with Gasteiger partial charge in [-0.1, -0.05) is 12.0 Å². The Labute approximate surface area is 118 Å². The average Bonchev–Trinajstić information content (AvgIpc) is 2.34. The fourth-order valence-electron chi connectivity index (χ4n) is 1.63. The summed E-state index contributed by atoms with van der Waals surface area (Å²) >= 11 is 0. The number of aliphatic carboxylic acids is 1. The van der Waals surface area contributed by atoms with Crippen LogP contribution in [0.15, 0.2) is 24.3 Å². The van der Waals surface area contributed by atoms with Gasteiger partial charge in [-0.15, -0.1) is 6.42 Å². The molecule has 2 amide bonds. The molecule has 1 rings (SSSR count). The van der Waals surface area contributed by atoms with Crippen LogP contribution < -0.4 is 5.32 Å². The van der Waals surface area contributed by atoms with E-state index < -0.39 is 17.5 Å². The number of benzene rings is 1. The molecule has 1 aromatic rings. The van der Waals surface area contributed by atoms with Crippen molar-refractivity contribution in [2.45, 2.75) is 26.3 Å². The Morgan fingerprint density at radius 2 is 2.05 bits per heavy atom. The minimum atomic E-state index is -1.06. The third-order valence-corrected chi connectivity index (χ3v) is 2.63. The van der Waals surface area contributed by atoms with Crippen molar-refractivity contribution in [2.24, 2.45) is 0 Å². The first-order chi connectivity index (χ1) is 9.24. The molecular formula is C15H18N2O3. The van der Waals surface area contributed by atoms with Gasteiger partial charge in [0, 0.05) is 16.8 Å². The molecule has 0 aliphatic carbocycles. The smallest absolute Gasteiger partial charge is 0.323 e. The summed E-state index contributed by atoms with van der Waals surface area (Å²) in [5.41, 5.74) is 0.570. The first-order valence-electron chi connectivity index (χ1n) is 6.11. The molecule has 20 heavy (non-hydrogen) atoms. The fourth-order valence-corrected chi connectivity index (χ4v) is 1.63. The maximum Gasteiger partial charge on any atom is 0.323 e. The van der Waals surface area contributed by atoms with Crippen molar-refractivity contribution < 1.29 is 14.7 Å². The molecule has 0 atom stereocenters. The number of terminal acetylenes is 1. The number of carboxylic acid groups (broad SMARTS) is 1. The van der Waals surface area contributed by atoms with E-state index in [4.69, 9.17) is 11.5 Å². The van der Waals surface area contributed by atoms with E-state index >= 15 is 0 Å².